The molecule has 2 aromatic carbocycles. The van der Waals surface area contributed by atoms with Crippen LogP contribution in [0.1, 0.15) is 26.5 Å². The minimum absolute atomic E-state index is 0.176. The zero-order valence-electron chi connectivity index (χ0n) is 23.2. The first-order valence-corrected chi connectivity index (χ1v) is 14.1. The summed E-state index contributed by atoms with van der Waals surface area (Å²) in [6.45, 7) is 5.97. The number of carbonyl (C=O) groups excluding carboxylic acids is 1. The van der Waals surface area contributed by atoms with Crippen LogP contribution in [0.25, 0.3) is 27.8 Å². The molecule has 0 spiro atoms. The van der Waals surface area contributed by atoms with Crippen LogP contribution in [0.2, 0.25) is 0 Å². The summed E-state index contributed by atoms with van der Waals surface area (Å²) in [5.41, 5.74) is 9.72. The number of sulfonamides is 1. The first-order valence-electron chi connectivity index (χ1n) is 12.7. The maximum atomic E-state index is 12.5. The number of nitrogens with two attached hydrogens (primary N) is 1. The largest absolute Gasteiger partial charge is 0.397 e. The molecule has 0 aliphatic heterocycles. The highest BCUT2D eigenvalue weighted by Gasteiger charge is 2.21. The Balaban J connectivity index is 1.40. The van der Waals surface area contributed by atoms with Crippen molar-refractivity contribution in [2.24, 2.45) is 0 Å². The Morgan fingerprint density at radius 3 is 2.29 bits per heavy atom. The van der Waals surface area contributed by atoms with Crippen molar-refractivity contribution >= 4 is 44.1 Å². The molecule has 0 atom stereocenters. The lowest BCUT2D eigenvalue weighted by atomic mass is 9.93. The number of amides is 2. The van der Waals surface area contributed by atoms with Crippen molar-refractivity contribution in [3.05, 3.63) is 72.8 Å². The summed E-state index contributed by atoms with van der Waals surface area (Å²) >= 11 is 0. The molecule has 0 radical (unpaired) electrons. The number of anilines is 3. The first kappa shape index (κ1) is 27.8. The molecule has 0 bridgehead atoms. The number of carbonyl (C=O) groups is 1. The number of pyridine rings is 1. The predicted molar refractivity (Wildman–Crippen MR) is 157 cm³/mol. The van der Waals surface area contributed by atoms with Gasteiger partial charge in [0, 0.05) is 36.8 Å². The van der Waals surface area contributed by atoms with Crippen molar-refractivity contribution in [1.82, 2.24) is 24.2 Å². The number of urea groups is 1. The molecule has 4 N–H and O–H groups in total. The quantitative estimate of drug-likeness (QED) is 0.259. The van der Waals surface area contributed by atoms with Gasteiger partial charge in [-0.1, -0.05) is 38.1 Å². The van der Waals surface area contributed by atoms with Crippen molar-refractivity contribution in [2.45, 2.75) is 31.1 Å². The second kappa shape index (κ2) is 10.3. The zero-order chi connectivity index (χ0) is 29.5. The zero-order valence-corrected chi connectivity index (χ0v) is 24.0. The maximum absolute atomic E-state index is 12.5. The molecule has 5 rings (SSSR count). The molecule has 212 valence electrons. The van der Waals surface area contributed by atoms with Crippen LogP contribution in [0.15, 0.2) is 76.4 Å². The van der Waals surface area contributed by atoms with Crippen LogP contribution < -0.4 is 16.4 Å². The summed E-state index contributed by atoms with van der Waals surface area (Å²) in [7, 11) is -0.600. The van der Waals surface area contributed by atoms with Gasteiger partial charge in [-0.2, -0.15) is 5.10 Å². The molecule has 41 heavy (non-hydrogen) atoms. The number of nitrogens with one attached hydrogen (secondary N) is 2. The van der Waals surface area contributed by atoms with Crippen LogP contribution in [0.5, 0.6) is 0 Å². The van der Waals surface area contributed by atoms with Crippen molar-refractivity contribution in [2.75, 3.05) is 30.5 Å². The molecule has 0 unspecified atom stereocenters. The number of aromatic nitrogens is 4. The van der Waals surface area contributed by atoms with Crippen LogP contribution in [0, 0.1) is 0 Å². The number of nitrogen functional groups attached to an aromatic ring is 1. The van der Waals surface area contributed by atoms with E-state index in [2.05, 4.69) is 20.8 Å². The molecule has 3 heterocycles. The van der Waals surface area contributed by atoms with Gasteiger partial charge in [0.2, 0.25) is 10.0 Å². The third-order valence-electron chi connectivity index (χ3n) is 6.39. The monoisotopic (exact) mass is 574 g/mol. The Labute approximate surface area is 237 Å². The van der Waals surface area contributed by atoms with E-state index >= 15 is 0 Å². The van der Waals surface area contributed by atoms with E-state index in [0.717, 1.165) is 4.31 Å². The standard InChI is InChI=1S/C28H30N8O4S/c1-28(2,3)23-14-24(34-40-23)32-27(37)31-18-8-10-19(11-9-18)36-22-16-30-15-21(29)25(22)26(33-36)17-6-12-20(13-7-17)41(38,39)35(4)5/h6-16H,29H2,1-5H3,(H2,31,32,34,37). The third kappa shape index (κ3) is 5.49. The summed E-state index contributed by atoms with van der Waals surface area (Å²) in [4.78, 5) is 16.9. The molecule has 0 saturated carbocycles. The SMILES string of the molecule is CN(C)S(=O)(=O)c1ccc(-c2nn(-c3ccc(NC(=O)Nc4cc(C(C)(C)C)on4)cc3)c3cncc(N)c23)cc1. The Bertz CT molecular complexity index is 1840. The fourth-order valence-corrected chi connectivity index (χ4v) is 5.04. The maximum Gasteiger partial charge on any atom is 0.324 e. The topological polar surface area (TPSA) is 161 Å². The van der Waals surface area contributed by atoms with E-state index in [4.69, 9.17) is 15.4 Å². The minimum Gasteiger partial charge on any atom is -0.397 e. The van der Waals surface area contributed by atoms with Gasteiger partial charge in [-0.05, 0) is 36.4 Å². The second-order valence-corrected chi connectivity index (χ2v) is 12.8. The molecule has 5 aromatic rings. The highest BCUT2D eigenvalue weighted by Crippen LogP contribution is 2.34. The van der Waals surface area contributed by atoms with Gasteiger partial charge in [-0.15, -0.1) is 0 Å². The molecular weight excluding hydrogens is 544 g/mol. The van der Waals surface area contributed by atoms with Gasteiger partial charge in [-0.3, -0.25) is 10.3 Å². The summed E-state index contributed by atoms with van der Waals surface area (Å²) in [6, 6.07) is 14.8. The van der Waals surface area contributed by atoms with E-state index in [9.17, 15) is 13.2 Å². The molecular formula is C28H30N8O4S. The lowest BCUT2D eigenvalue weighted by Crippen LogP contribution is -2.22. The number of benzene rings is 2. The third-order valence-corrected chi connectivity index (χ3v) is 8.22. The Hall–Kier alpha value is -4.75. The lowest BCUT2D eigenvalue weighted by Gasteiger charge is -2.12. The van der Waals surface area contributed by atoms with E-state index < -0.39 is 16.1 Å². The molecule has 13 heteroatoms. The molecule has 3 aromatic heterocycles. The van der Waals surface area contributed by atoms with Crippen molar-refractivity contribution in [1.29, 1.82) is 0 Å². The molecule has 12 nitrogen and oxygen atoms in total. The van der Waals surface area contributed by atoms with Crippen molar-refractivity contribution in [3.8, 4) is 16.9 Å². The van der Waals surface area contributed by atoms with Gasteiger partial charge in [0.15, 0.2) is 5.82 Å². The predicted octanol–water partition coefficient (Wildman–Crippen LogP) is 4.85. The smallest absolute Gasteiger partial charge is 0.324 e. The summed E-state index contributed by atoms with van der Waals surface area (Å²) < 4.78 is 33.2. The van der Waals surface area contributed by atoms with Crippen molar-refractivity contribution in [3.63, 3.8) is 0 Å². The number of hydrogen-bond acceptors (Lipinski definition) is 8. The van der Waals surface area contributed by atoms with E-state index in [0.29, 0.717) is 50.8 Å². The molecule has 0 aliphatic carbocycles. The van der Waals surface area contributed by atoms with E-state index in [1.807, 2.05) is 20.8 Å². The Kier molecular flexibility index (Phi) is 7.01. The highest BCUT2D eigenvalue weighted by molar-refractivity contribution is 7.89. The van der Waals surface area contributed by atoms with Crippen LogP contribution in [-0.4, -0.2) is 52.8 Å². The molecule has 0 saturated heterocycles. The Morgan fingerprint density at radius 2 is 1.68 bits per heavy atom. The van der Waals surface area contributed by atoms with Gasteiger partial charge in [0.25, 0.3) is 0 Å². The van der Waals surface area contributed by atoms with Gasteiger partial charge >= 0.3 is 6.03 Å². The van der Waals surface area contributed by atoms with Gasteiger partial charge < -0.3 is 15.6 Å². The van der Waals surface area contributed by atoms with E-state index in [1.165, 1.54) is 14.1 Å². The van der Waals surface area contributed by atoms with Crippen LogP contribution in [0.4, 0.5) is 22.0 Å². The average Bonchev–Trinajstić information content (AvgIpc) is 3.55. The van der Waals surface area contributed by atoms with Crippen LogP contribution in [-0.2, 0) is 15.4 Å². The minimum atomic E-state index is -3.57. The molecule has 0 fully saturated rings. The summed E-state index contributed by atoms with van der Waals surface area (Å²) in [5.74, 6) is 0.977. The van der Waals surface area contributed by atoms with Gasteiger partial charge in [0.1, 0.15) is 11.5 Å². The summed E-state index contributed by atoms with van der Waals surface area (Å²) in [5, 5.41) is 14.8. The number of nitrogens with zero attached hydrogens (tertiary/aromatic N) is 5. The number of hydrogen-bond donors (Lipinski definition) is 3. The lowest BCUT2D eigenvalue weighted by molar-refractivity contribution is 0.262. The number of fused-ring (bicyclic) bond motifs is 1. The normalized spacial score (nSPS) is 12.1. The fourth-order valence-electron chi connectivity index (χ4n) is 4.13. The fraction of sp³-hybridized carbons (Fsp3) is 0.214. The van der Waals surface area contributed by atoms with Gasteiger partial charge in [-0.25, -0.2) is 22.2 Å². The second-order valence-electron chi connectivity index (χ2n) is 10.6. The van der Waals surface area contributed by atoms with E-state index in [1.54, 1.807) is 71.7 Å². The first-order chi connectivity index (χ1) is 19.3. The number of rotatable bonds is 6. The molecule has 0 aliphatic rings. The summed E-state index contributed by atoms with van der Waals surface area (Å²) in [6.07, 6.45) is 3.21. The average molecular weight is 575 g/mol. The van der Waals surface area contributed by atoms with E-state index in [-0.39, 0.29) is 10.3 Å². The highest BCUT2D eigenvalue weighted by atomic mass is 32.2. The van der Waals surface area contributed by atoms with Crippen LogP contribution in [0.3, 0.4) is 0 Å². The van der Waals surface area contributed by atoms with Gasteiger partial charge in [0.05, 0.1) is 39.6 Å². The van der Waals surface area contributed by atoms with Crippen molar-refractivity contribution < 1.29 is 17.7 Å². The molecule has 2 amide bonds. The Morgan fingerprint density at radius 1 is 1.00 bits per heavy atom. The van der Waals surface area contributed by atoms with Crippen LogP contribution >= 0.6 is 0 Å².